The van der Waals surface area contributed by atoms with E-state index in [4.69, 9.17) is 4.74 Å². The van der Waals surface area contributed by atoms with E-state index in [0.717, 1.165) is 24.9 Å². The second-order valence-electron chi connectivity index (χ2n) is 5.90. The molecule has 0 saturated carbocycles. The van der Waals surface area contributed by atoms with Crippen LogP contribution in [0.4, 0.5) is 4.39 Å². The van der Waals surface area contributed by atoms with Gasteiger partial charge in [0.2, 0.25) is 0 Å². The normalized spacial score (nSPS) is 11.2. The van der Waals surface area contributed by atoms with E-state index >= 15 is 0 Å². The first-order valence-corrected chi connectivity index (χ1v) is 8.13. The molecule has 7 heteroatoms. The lowest BCUT2D eigenvalue weighted by Crippen LogP contribution is -3.00. The predicted octanol–water partition coefficient (Wildman–Crippen LogP) is -1.91. The topological polar surface area (TPSA) is 69.9 Å². The molecule has 0 aliphatic heterocycles. The molecule has 1 aromatic carbocycles. The van der Waals surface area contributed by atoms with E-state index in [9.17, 15) is 19.7 Å². The second kappa shape index (κ2) is 12.8. The number of halogens is 2. The Morgan fingerprint density at radius 3 is 2.04 bits per heavy atom. The maximum atomic E-state index is 13.6. The molecule has 3 N–H and O–H groups in total. The van der Waals surface area contributed by atoms with Gasteiger partial charge in [-0.05, 0) is 37.5 Å². The van der Waals surface area contributed by atoms with Gasteiger partial charge in [-0.2, -0.15) is 0 Å². The van der Waals surface area contributed by atoms with Crippen LogP contribution in [-0.2, 0) is 0 Å². The lowest BCUT2D eigenvalue weighted by molar-refractivity contribution is -0.929. The van der Waals surface area contributed by atoms with Crippen molar-refractivity contribution in [3.8, 4) is 5.75 Å². The van der Waals surface area contributed by atoms with Crippen molar-refractivity contribution in [3.05, 3.63) is 29.6 Å². The Hall–Kier alpha value is -0.480. The highest BCUT2D eigenvalue weighted by Gasteiger charge is 2.25. The Morgan fingerprint density at radius 2 is 1.54 bits per heavy atom. The van der Waals surface area contributed by atoms with Crippen molar-refractivity contribution in [1.29, 1.82) is 0 Å². The highest BCUT2D eigenvalue weighted by Crippen LogP contribution is 2.18. The SMILES string of the molecule is Cc1ccc(OCCCC[N+](CCO)(CCO)CCO)c(F)c1.[I-]. The molecule has 0 fully saturated rings. The van der Waals surface area contributed by atoms with Crippen molar-refractivity contribution in [2.24, 2.45) is 0 Å². The van der Waals surface area contributed by atoms with E-state index in [1.54, 1.807) is 6.07 Å². The molecule has 0 heterocycles. The molecule has 0 aromatic heterocycles. The summed E-state index contributed by atoms with van der Waals surface area (Å²) in [4.78, 5) is 0. The van der Waals surface area contributed by atoms with Crippen LogP contribution in [-0.4, -0.2) is 72.4 Å². The summed E-state index contributed by atoms with van der Waals surface area (Å²) in [6, 6.07) is 4.89. The third kappa shape index (κ3) is 8.06. The number of rotatable bonds is 12. The van der Waals surface area contributed by atoms with Crippen LogP contribution in [0.15, 0.2) is 18.2 Å². The monoisotopic (exact) mass is 457 g/mol. The minimum atomic E-state index is -0.351. The lowest BCUT2D eigenvalue weighted by Gasteiger charge is -2.37. The average Bonchev–Trinajstić information content (AvgIpc) is 2.50. The van der Waals surface area contributed by atoms with E-state index in [1.807, 2.05) is 13.0 Å². The summed E-state index contributed by atoms with van der Waals surface area (Å²) in [5, 5.41) is 27.6. The summed E-state index contributed by atoms with van der Waals surface area (Å²) >= 11 is 0. The van der Waals surface area contributed by atoms with Crippen LogP contribution in [0.1, 0.15) is 18.4 Å². The Balaban J connectivity index is 0.00000529. The molecule has 0 atom stereocenters. The van der Waals surface area contributed by atoms with Gasteiger partial charge in [0.25, 0.3) is 0 Å². The van der Waals surface area contributed by atoms with Gasteiger partial charge in [0.05, 0.1) is 33.0 Å². The fraction of sp³-hybridized carbons (Fsp3) is 0.647. The van der Waals surface area contributed by atoms with Gasteiger partial charge < -0.3 is 48.5 Å². The maximum Gasteiger partial charge on any atom is 0.165 e. The van der Waals surface area contributed by atoms with E-state index in [0.29, 0.717) is 30.7 Å². The van der Waals surface area contributed by atoms with Gasteiger partial charge in [-0.1, -0.05) is 6.07 Å². The zero-order valence-corrected chi connectivity index (χ0v) is 16.4. The molecule has 0 amide bonds. The van der Waals surface area contributed by atoms with Crippen LogP contribution in [0, 0.1) is 12.7 Å². The fourth-order valence-electron chi connectivity index (χ4n) is 2.76. The number of quaternary nitrogens is 1. The van der Waals surface area contributed by atoms with Crippen molar-refractivity contribution in [1.82, 2.24) is 0 Å². The van der Waals surface area contributed by atoms with Crippen LogP contribution >= 0.6 is 0 Å². The molecule has 0 aliphatic carbocycles. The first kappa shape index (κ1) is 23.5. The zero-order chi connectivity index (χ0) is 17.1. The molecule has 5 nitrogen and oxygen atoms in total. The van der Waals surface area contributed by atoms with Crippen LogP contribution in [0.3, 0.4) is 0 Å². The zero-order valence-electron chi connectivity index (χ0n) is 14.3. The first-order chi connectivity index (χ1) is 11.1. The molecule has 0 spiro atoms. The lowest BCUT2D eigenvalue weighted by atomic mass is 10.2. The van der Waals surface area contributed by atoms with Gasteiger partial charge >= 0.3 is 0 Å². The fourth-order valence-corrected chi connectivity index (χ4v) is 2.76. The van der Waals surface area contributed by atoms with Crippen molar-refractivity contribution in [3.63, 3.8) is 0 Å². The average molecular weight is 457 g/mol. The van der Waals surface area contributed by atoms with Crippen LogP contribution in [0.2, 0.25) is 0 Å². The van der Waals surface area contributed by atoms with Crippen LogP contribution in [0.25, 0.3) is 0 Å². The largest absolute Gasteiger partial charge is 1.00 e. The predicted molar refractivity (Wildman–Crippen MR) is 86.9 cm³/mol. The summed E-state index contributed by atoms with van der Waals surface area (Å²) < 4.78 is 19.6. The second-order valence-corrected chi connectivity index (χ2v) is 5.90. The van der Waals surface area contributed by atoms with Crippen LogP contribution < -0.4 is 28.7 Å². The van der Waals surface area contributed by atoms with Crippen molar-refractivity contribution in [2.75, 3.05) is 52.6 Å². The van der Waals surface area contributed by atoms with Gasteiger partial charge in [0.1, 0.15) is 19.6 Å². The number of aliphatic hydroxyl groups excluding tert-OH is 3. The minimum Gasteiger partial charge on any atom is -1.00 e. The molecule has 1 aromatic rings. The standard InChI is InChI=1S/C17H29FNO4.HI/c1-15-4-5-17(16(18)14-15)23-13-3-2-6-19(7-10-20,8-11-21)9-12-22;/h4-5,14,20-22H,2-3,6-13H2,1H3;1H/q+1;/p-1. The quantitative estimate of drug-likeness (QED) is 0.195. The number of aryl methyl sites for hydroxylation is 1. The van der Waals surface area contributed by atoms with E-state index in [2.05, 4.69) is 0 Å². The number of ether oxygens (including phenoxy) is 1. The molecule has 0 aliphatic rings. The maximum absolute atomic E-state index is 13.6. The smallest absolute Gasteiger partial charge is 0.165 e. The molecule has 0 unspecified atom stereocenters. The van der Waals surface area contributed by atoms with E-state index < -0.39 is 0 Å². The molecule has 24 heavy (non-hydrogen) atoms. The number of nitrogens with zero attached hydrogens (tertiary/aromatic N) is 1. The Kier molecular flexibility index (Phi) is 12.6. The molecule has 0 bridgehead atoms. The number of benzene rings is 1. The van der Waals surface area contributed by atoms with Crippen molar-refractivity contribution in [2.45, 2.75) is 19.8 Å². The highest BCUT2D eigenvalue weighted by molar-refractivity contribution is 5.28. The van der Waals surface area contributed by atoms with Crippen molar-refractivity contribution >= 4 is 0 Å². The summed E-state index contributed by atoms with van der Waals surface area (Å²) in [6.07, 6.45) is 1.56. The van der Waals surface area contributed by atoms with Gasteiger partial charge in [0.15, 0.2) is 11.6 Å². The first-order valence-electron chi connectivity index (χ1n) is 8.13. The number of unbranched alkanes of at least 4 members (excludes halogenated alkanes) is 1. The molecular formula is C17H29FINO4. The van der Waals surface area contributed by atoms with Gasteiger partial charge in [-0.15, -0.1) is 0 Å². The molecule has 1 rings (SSSR count). The number of hydrogen-bond acceptors (Lipinski definition) is 4. The third-order valence-corrected chi connectivity index (χ3v) is 4.09. The van der Waals surface area contributed by atoms with E-state index in [1.165, 1.54) is 6.07 Å². The van der Waals surface area contributed by atoms with Crippen molar-refractivity contribution < 1.29 is 52.9 Å². The number of hydrogen-bond donors (Lipinski definition) is 3. The third-order valence-electron chi connectivity index (χ3n) is 4.09. The highest BCUT2D eigenvalue weighted by atomic mass is 127. The minimum absolute atomic E-state index is 0. The Bertz CT molecular complexity index is 445. The summed E-state index contributed by atoms with van der Waals surface area (Å²) in [6.45, 7) is 4.56. The Labute approximate surface area is 160 Å². The molecule has 0 saturated heterocycles. The summed E-state index contributed by atoms with van der Waals surface area (Å²) in [5.74, 6) is -0.0894. The summed E-state index contributed by atoms with van der Waals surface area (Å²) in [7, 11) is 0. The van der Waals surface area contributed by atoms with E-state index in [-0.39, 0.29) is 55.4 Å². The number of aliphatic hydroxyl groups is 3. The van der Waals surface area contributed by atoms with Gasteiger partial charge in [0, 0.05) is 0 Å². The molecule has 140 valence electrons. The molecule has 0 radical (unpaired) electrons. The summed E-state index contributed by atoms with van der Waals surface area (Å²) in [5.41, 5.74) is 0.856. The molecular weight excluding hydrogens is 428 g/mol. The van der Waals surface area contributed by atoms with Gasteiger partial charge in [-0.25, -0.2) is 4.39 Å². The van der Waals surface area contributed by atoms with Crippen LogP contribution in [0.5, 0.6) is 5.75 Å². The van der Waals surface area contributed by atoms with Gasteiger partial charge in [-0.3, -0.25) is 0 Å². The Morgan fingerprint density at radius 1 is 0.958 bits per heavy atom.